The smallest absolute Gasteiger partial charge is 0.238 e. The Balaban J connectivity index is 1.57. The van der Waals surface area contributed by atoms with Crippen LogP contribution in [-0.4, -0.2) is 11.8 Å². The summed E-state index contributed by atoms with van der Waals surface area (Å²) >= 11 is 6.17. The number of hydrogen-bond donors (Lipinski definition) is 0. The molecule has 2 bridgehead atoms. The van der Waals surface area contributed by atoms with Crippen LogP contribution >= 0.6 is 11.6 Å². The number of carbonyl (C=O) groups is 2. The topological polar surface area (TPSA) is 37.4 Å². The fourth-order valence-corrected chi connectivity index (χ4v) is 5.23. The quantitative estimate of drug-likeness (QED) is 0.589. The summed E-state index contributed by atoms with van der Waals surface area (Å²) in [6, 6.07) is 5.41. The highest BCUT2D eigenvalue weighted by Crippen LogP contribution is 2.73. The minimum absolute atomic E-state index is 0.0296. The molecule has 0 aromatic heterocycles. The number of nitrogens with zero attached hydrogens (tertiary/aromatic N) is 1. The first kappa shape index (κ1) is 12.9. The van der Waals surface area contributed by atoms with Gasteiger partial charge in [0.15, 0.2) is 0 Å². The molecule has 5 rings (SSSR count). The second kappa shape index (κ2) is 3.83. The van der Waals surface area contributed by atoms with Gasteiger partial charge in [-0.25, -0.2) is 4.90 Å². The molecule has 1 spiro atoms. The van der Waals surface area contributed by atoms with E-state index in [0.29, 0.717) is 10.7 Å². The lowest BCUT2D eigenvalue weighted by Gasteiger charge is -2.22. The van der Waals surface area contributed by atoms with Gasteiger partial charge in [0.1, 0.15) is 0 Å². The van der Waals surface area contributed by atoms with Crippen molar-refractivity contribution in [3.8, 4) is 0 Å². The predicted octanol–water partition coefficient (Wildman–Crippen LogP) is 3.35. The van der Waals surface area contributed by atoms with Crippen molar-refractivity contribution in [2.45, 2.75) is 19.8 Å². The highest BCUT2D eigenvalue weighted by atomic mass is 35.5. The van der Waals surface area contributed by atoms with E-state index in [2.05, 4.69) is 12.2 Å². The zero-order chi connectivity index (χ0) is 15.2. The lowest BCUT2D eigenvalue weighted by atomic mass is 9.85. The van der Waals surface area contributed by atoms with E-state index in [-0.39, 0.29) is 40.9 Å². The van der Waals surface area contributed by atoms with Crippen molar-refractivity contribution in [3.63, 3.8) is 0 Å². The zero-order valence-electron chi connectivity index (χ0n) is 12.3. The predicted molar refractivity (Wildman–Crippen MR) is 83.4 cm³/mol. The number of imide groups is 1. The number of amides is 2. The molecule has 4 heteroatoms. The number of anilines is 1. The van der Waals surface area contributed by atoms with Crippen LogP contribution in [0.15, 0.2) is 30.4 Å². The maximum absolute atomic E-state index is 12.9. The van der Waals surface area contributed by atoms with Gasteiger partial charge in [-0.15, -0.1) is 0 Å². The molecule has 0 N–H and O–H groups in total. The maximum Gasteiger partial charge on any atom is 0.238 e. The number of hydrogen-bond acceptors (Lipinski definition) is 2. The number of halogens is 1. The Hall–Kier alpha value is -1.61. The first-order chi connectivity index (χ1) is 10.5. The summed E-state index contributed by atoms with van der Waals surface area (Å²) in [5.41, 5.74) is 1.81. The highest BCUT2D eigenvalue weighted by molar-refractivity contribution is 6.32. The second-order valence-electron chi connectivity index (χ2n) is 7.17. The third kappa shape index (κ3) is 1.30. The zero-order valence-corrected chi connectivity index (χ0v) is 13.0. The van der Waals surface area contributed by atoms with E-state index in [1.807, 2.05) is 19.1 Å². The Morgan fingerprint density at radius 2 is 1.68 bits per heavy atom. The highest BCUT2D eigenvalue weighted by Gasteiger charge is 2.73. The van der Waals surface area contributed by atoms with E-state index in [1.54, 1.807) is 6.07 Å². The lowest BCUT2D eigenvalue weighted by Crippen LogP contribution is -2.34. The molecule has 3 fully saturated rings. The minimum atomic E-state index is -0.148. The van der Waals surface area contributed by atoms with Gasteiger partial charge < -0.3 is 0 Å². The molecule has 1 aromatic rings. The summed E-state index contributed by atoms with van der Waals surface area (Å²) in [4.78, 5) is 27.2. The third-order valence-electron chi connectivity index (χ3n) is 6.27. The van der Waals surface area contributed by atoms with Crippen LogP contribution < -0.4 is 4.90 Å². The van der Waals surface area contributed by atoms with Gasteiger partial charge in [-0.1, -0.05) is 29.8 Å². The fraction of sp³-hybridized carbons (Fsp3) is 0.444. The van der Waals surface area contributed by atoms with Crippen molar-refractivity contribution in [3.05, 3.63) is 40.9 Å². The number of rotatable bonds is 1. The number of carbonyl (C=O) groups excluding carboxylic acids is 2. The number of benzene rings is 1. The van der Waals surface area contributed by atoms with Crippen LogP contribution in [0.3, 0.4) is 0 Å². The SMILES string of the molecule is Cc1ccc(N2C(=O)[C@@H]3[C@H](C2=O)[C@@H]2C=C[C@@H]3C23CC3)cc1Cl. The van der Waals surface area contributed by atoms with Gasteiger partial charge in [0.05, 0.1) is 17.5 Å². The molecule has 112 valence electrons. The van der Waals surface area contributed by atoms with Gasteiger partial charge in [-0.05, 0) is 54.7 Å². The molecule has 1 saturated heterocycles. The van der Waals surface area contributed by atoms with Crippen molar-refractivity contribution in [2.75, 3.05) is 4.90 Å². The van der Waals surface area contributed by atoms with Crippen LogP contribution in [0, 0.1) is 36.0 Å². The maximum atomic E-state index is 12.9. The average molecular weight is 314 g/mol. The van der Waals surface area contributed by atoms with E-state index in [0.717, 1.165) is 5.56 Å². The minimum Gasteiger partial charge on any atom is -0.274 e. The Bertz CT molecular complexity index is 730. The molecule has 22 heavy (non-hydrogen) atoms. The third-order valence-corrected chi connectivity index (χ3v) is 6.67. The molecule has 3 nitrogen and oxygen atoms in total. The molecule has 1 aromatic carbocycles. The van der Waals surface area contributed by atoms with Crippen LogP contribution in [0.2, 0.25) is 5.02 Å². The van der Waals surface area contributed by atoms with Gasteiger partial charge in [0, 0.05) is 5.02 Å². The van der Waals surface area contributed by atoms with Crippen molar-refractivity contribution in [2.24, 2.45) is 29.1 Å². The molecule has 2 amide bonds. The van der Waals surface area contributed by atoms with E-state index in [4.69, 9.17) is 11.6 Å². The summed E-state index contributed by atoms with van der Waals surface area (Å²) in [5.74, 6) is 0.181. The van der Waals surface area contributed by atoms with Gasteiger partial charge in [-0.2, -0.15) is 0 Å². The standard InChI is InChI=1S/C18H16ClNO2/c1-9-2-3-10(8-13(9)19)20-16(21)14-11-4-5-12(15(14)17(20)22)18(11)6-7-18/h2-5,8,11-12,14-15H,6-7H2,1H3/t11-,12-,14-,15+/m0/s1. The van der Waals surface area contributed by atoms with E-state index < -0.39 is 0 Å². The van der Waals surface area contributed by atoms with Gasteiger partial charge in [0.2, 0.25) is 11.8 Å². The van der Waals surface area contributed by atoms with Crippen LogP contribution in [0.1, 0.15) is 18.4 Å². The molecule has 0 radical (unpaired) electrons. The Morgan fingerprint density at radius 1 is 1.09 bits per heavy atom. The van der Waals surface area contributed by atoms with Gasteiger partial charge in [-0.3, -0.25) is 9.59 Å². The van der Waals surface area contributed by atoms with Gasteiger partial charge in [0.25, 0.3) is 0 Å². The van der Waals surface area contributed by atoms with Crippen LogP contribution in [0.25, 0.3) is 0 Å². The summed E-state index contributed by atoms with van der Waals surface area (Å²) in [6.45, 7) is 1.91. The van der Waals surface area contributed by atoms with Crippen LogP contribution in [0.4, 0.5) is 5.69 Å². The largest absolute Gasteiger partial charge is 0.274 e. The van der Waals surface area contributed by atoms with Crippen LogP contribution in [0.5, 0.6) is 0 Å². The molecule has 1 heterocycles. The van der Waals surface area contributed by atoms with E-state index in [1.165, 1.54) is 17.7 Å². The summed E-state index contributed by atoms with van der Waals surface area (Å²) in [5, 5.41) is 0.593. The lowest BCUT2D eigenvalue weighted by molar-refractivity contribution is -0.123. The number of aryl methyl sites for hydroxylation is 1. The van der Waals surface area contributed by atoms with Gasteiger partial charge >= 0.3 is 0 Å². The summed E-state index contributed by atoms with van der Waals surface area (Å²) < 4.78 is 0. The second-order valence-corrected chi connectivity index (χ2v) is 7.57. The monoisotopic (exact) mass is 313 g/mol. The molecule has 4 atom stereocenters. The number of allylic oxidation sites excluding steroid dienone is 2. The summed E-state index contributed by atoms with van der Waals surface area (Å²) in [7, 11) is 0. The molecule has 3 aliphatic carbocycles. The van der Waals surface area contributed by atoms with Crippen molar-refractivity contribution < 1.29 is 9.59 Å². The first-order valence-corrected chi connectivity index (χ1v) is 8.25. The van der Waals surface area contributed by atoms with Crippen molar-refractivity contribution in [1.82, 2.24) is 0 Å². The Kier molecular flexibility index (Phi) is 2.24. The van der Waals surface area contributed by atoms with E-state index in [9.17, 15) is 9.59 Å². The fourth-order valence-electron chi connectivity index (χ4n) is 5.05. The molecule has 0 unspecified atom stereocenters. The first-order valence-electron chi connectivity index (χ1n) is 7.87. The molecule has 2 saturated carbocycles. The Morgan fingerprint density at radius 3 is 2.18 bits per heavy atom. The number of fused-ring (bicyclic) bond motifs is 3. The molecule has 1 aliphatic heterocycles. The Labute approximate surface area is 133 Å². The summed E-state index contributed by atoms with van der Waals surface area (Å²) in [6.07, 6.45) is 6.71. The van der Waals surface area contributed by atoms with Crippen molar-refractivity contribution >= 4 is 29.1 Å². The molecular weight excluding hydrogens is 298 g/mol. The molecular formula is C18H16ClNO2. The van der Waals surface area contributed by atoms with Crippen molar-refractivity contribution in [1.29, 1.82) is 0 Å². The van der Waals surface area contributed by atoms with Crippen LogP contribution in [-0.2, 0) is 9.59 Å². The average Bonchev–Trinajstić information content (AvgIpc) is 3.08. The van der Waals surface area contributed by atoms with E-state index >= 15 is 0 Å². The molecule has 4 aliphatic rings. The normalized spacial score (nSPS) is 36.5.